The van der Waals surface area contributed by atoms with Gasteiger partial charge >= 0.3 is 0 Å². The molecule has 0 unspecified atom stereocenters. The molecule has 2 aliphatic heterocycles. The van der Waals surface area contributed by atoms with Crippen molar-refractivity contribution in [3.05, 3.63) is 77.9 Å². The molecule has 2 saturated heterocycles. The number of anilines is 2. The Morgan fingerprint density at radius 3 is 1.67 bits per heavy atom. The molecule has 2 N–H and O–H groups in total. The van der Waals surface area contributed by atoms with Gasteiger partial charge in [-0.25, -0.2) is 18.4 Å². The Morgan fingerprint density at radius 2 is 1.22 bits per heavy atom. The highest BCUT2D eigenvalue weighted by Crippen LogP contribution is 2.33. The van der Waals surface area contributed by atoms with E-state index in [9.17, 15) is 13.5 Å². The minimum Gasteiger partial charge on any atom is -0.392 e. The summed E-state index contributed by atoms with van der Waals surface area (Å²) < 4.78 is 43.4. The molecule has 0 amide bonds. The van der Waals surface area contributed by atoms with E-state index >= 15 is 0 Å². The van der Waals surface area contributed by atoms with Crippen LogP contribution in [0.5, 0.6) is 0 Å². The van der Waals surface area contributed by atoms with Crippen LogP contribution in [0.25, 0.3) is 22.1 Å². The number of sulfonamides is 1. The smallest absolute Gasteiger partial charge is 0.264 e. The van der Waals surface area contributed by atoms with Gasteiger partial charge in [0.05, 0.1) is 39.3 Å². The summed E-state index contributed by atoms with van der Waals surface area (Å²) in [6, 6.07) is 18.4. The fraction of sp³-hybridized carbons (Fsp3) is 0.535. The van der Waals surface area contributed by atoms with Crippen LogP contribution in [0.1, 0.15) is 84.4 Å². The standard InChI is InChI=1S/C25H33N3O4S.C18H27N3O/c1-25(2,3)24-26-22-15-20(7-10-23(22)28(24)16-18-11-13-32-14-12-18)27(4)33(30,31)21-8-5-19(17-29)6-9-21;1-18(2,3)17-20-15-11-14(19-4)5-6-16(15)21(17)12-13-7-9-22-10-8-13/h5-10,15,18,29H,11-14,16-17H2,1-4H3;5-6,11,13,19H,7-10,12H2,1-4H3. The maximum atomic E-state index is 13.2. The molecule has 3 aromatic carbocycles. The summed E-state index contributed by atoms with van der Waals surface area (Å²) in [6.07, 6.45) is 4.38. The Kier molecular flexibility index (Phi) is 12.3. The van der Waals surface area contributed by atoms with E-state index in [0.29, 0.717) is 23.1 Å². The van der Waals surface area contributed by atoms with Gasteiger partial charge in [-0.15, -0.1) is 0 Å². The number of benzene rings is 3. The summed E-state index contributed by atoms with van der Waals surface area (Å²) in [4.78, 5) is 10.1. The number of imidazole rings is 2. The summed E-state index contributed by atoms with van der Waals surface area (Å²) in [6.45, 7) is 18.4. The van der Waals surface area contributed by atoms with E-state index in [-0.39, 0.29) is 22.3 Å². The first-order valence-corrected chi connectivity index (χ1v) is 21.1. The molecule has 4 heterocycles. The summed E-state index contributed by atoms with van der Waals surface area (Å²) in [7, 11) is -0.232. The van der Waals surface area contributed by atoms with E-state index in [1.54, 1.807) is 19.2 Å². The summed E-state index contributed by atoms with van der Waals surface area (Å²) >= 11 is 0. The largest absolute Gasteiger partial charge is 0.392 e. The molecule has 12 heteroatoms. The minimum atomic E-state index is -3.74. The van der Waals surface area contributed by atoms with E-state index in [0.717, 1.165) is 93.3 Å². The molecule has 0 aliphatic carbocycles. The molecule has 0 radical (unpaired) electrons. The number of hydrogen-bond donors (Lipinski definition) is 2. The van der Waals surface area contributed by atoms with Crippen molar-refractivity contribution in [2.45, 2.75) is 103 Å². The lowest BCUT2D eigenvalue weighted by atomic mass is 9.94. The van der Waals surface area contributed by atoms with Crippen molar-refractivity contribution in [1.82, 2.24) is 19.1 Å². The number of aromatic nitrogens is 4. The van der Waals surface area contributed by atoms with E-state index in [1.165, 1.54) is 27.8 Å². The van der Waals surface area contributed by atoms with Crippen molar-refractivity contribution in [1.29, 1.82) is 0 Å². The topological polar surface area (TPSA) is 124 Å². The number of ether oxygens (including phenoxy) is 2. The highest BCUT2D eigenvalue weighted by atomic mass is 32.2. The van der Waals surface area contributed by atoms with Gasteiger partial charge in [0.1, 0.15) is 11.6 Å². The minimum absolute atomic E-state index is 0.0456. The monoisotopic (exact) mass is 772 g/mol. The SMILES string of the molecule is CN(c1ccc2c(c1)nc(C(C)(C)C)n2CC1CCOCC1)S(=O)(=O)c1ccc(CO)cc1.CNc1ccc2c(c1)nc(C(C)(C)C)n2CC1CCOCC1. The Bertz CT molecular complexity index is 2170. The Hall–Kier alpha value is -3.97. The third-order valence-electron chi connectivity index (χ3n) is 10.8. The third kappa shape index (κ3) is 9.20. The van der Waals surface area contributed by atoms with Crippen molar-refractivity contribution in [3.8, 4) is 0 Å². The van der Waals surface area contributed by atoms with Crippen LogP contribution in [0.2, 0.25) is 0 Å². The van der Waals surface area contributed by atoms with Crippen molar-refractivity contribution < 1.29 is 23.0 Å². The Morgan fingerprint density at radius 1 is 0.745 bits per heavy atom. The lowest BCUT2D eigenvalue weighted by Gasteiger charge is -2.26. The molecule has 11 nitrogen and oxygen atoms in total. The molecule has 0 atom stereocenters. The fourth-order valence-electron chi connectivity index (χ4n) is 7.55. The molecule has 0 spiro atoms. The van der Waals surface area contributed by atoms with Crippen molar-refractivity contribution in [3.63, 3.8) is 0 Å². The Balaban J connectivity index is 0.000000203. The molecular weight excluding hydrogens is 713 g/mol. The zero-order valence-corrected chi connectivity index (χ0v) is 34.7. The van der Waals surface area contributed by atoms with Gasteiger partial charge in [0.15, 0.2) is 0 Å². The lowest BCUT2D eigenvalue weighted by Crippen LogP contribution is -2.26. The van der Waals surface area contributed by atoms with Crippen LogP contribution in [-0.2, 0) is 50.0 Å². The normalized spacial score (nSPS) is 16.3. The molecule has 55 heavy (non-hydrogen) atoms. The highest BCUT2D eigenvalue weighted by molar-refractivity contribution is 7.92. The lowest BCUT2D eigenvalue weighted by molar-refractivity contribution is 0.0610. The number of fused-ring (bicyclic) bond motifs is 2. The van der Waals surface area contributed by atoms with Gasteiger partial charge in [-0.2, -0.15) is 0 Å². The average molecular weight is 773 g/mol. The summed E-state index contributed by atoms with van der Waals surface area (Å²) in [5.41, 5.74) is 6.40. The molecule has 0 bridgehead atoms. The second kappa shape index (κ2) is 16.6. The first-order valence-electron chi connectivity index (χ1n) is 19.6. The number of nitrogens with one attached hydrogen (secondary N) is 1. The number of aliphatic hydroxyl groups excluding tert-OH is 1. The molecule has 2 fully saturated rings. The third-order valence-corrected chi connectivity index (χ3v) is 12.6. The van der Waals surface area contributed by atoms with Gasteiger partial charge in [-0.05, 0) is 91.6 Å². The Labute approximate surface area is 327 Å². The molecule has 298 valence electrons. The molecule has 7 rings (SSSR count). The molecular formula is C43H60N6O5S. The number of aliphatic hydroxyl groups is 1. The van der Waals surface area contributed by atoms with Crippen molar-refractivity contribution in [2.24, 2.45) is 11.8 Å². The zero-order valence-electron chi connectivity index (χ0n) is 33.9. The quantitative estimate of drug-likeness (QED) is 0.155. The van der Waals surface area contributed by atoms with Gasteiger partial charge < -0.3 is 29.0 Å². The average Bonchev–Trinajstić information content (AvgIpc) is 3.73. The van der Waals surface area contributed by atoms with Gasteiger partial charge in [0.25, 0.3) is 10.0 Å². The van der Waals surface area contributed by atoms with Crippen LogP contribution in [0, 0.1) is 11.8 Å². The predicted molar refractivity (Wildman–Crippen MR) is 221 cm³/mol. The highest BCUT2D eigenvalue weighted by Gasteiger charge is 2.28. The first kappa shape index (κ1) is 40.7. The van der Waals surface area contributed by atoms with E-state index < -0.39 is 10.0 Å². The van der Waals surface area contributed by atoms with E-state index in [2.05, 4.69) is 74.2 Å². The number of nitrogens with zero attached hydrogens (tertiary/aromatic N) is 5. The van der Waals surface area contributed by atoms with E-state index in [1.807, 2.05) is 25.2 Å². The second-order valence-electron chi connectivity index (χ2n) is 17.1. The summed E-state index contributed by atoms with van der Waals surface area (Å²) in [5, 5.41) is 12.4. The van der Waals surface area contributed by atoms with Crippen LogP contribution < -0.4 is 9.62 Å². The van der Waals surface area contributed by atoms with Crippen molar-refractivity contribution in [2.75, 3.05) is 50.1 Å². The molecule has 2 aromatic heterocycles. The second-order valence-corrected chi connectivity index (χ2v) is 19.1. The van der Waals surface area contributed by atoms with Gasteiger partial charge in [0, 0.05) is 70.1 Å². The van der Waals surface area contributed by atoms with Gasteiger partial charge in [0.2, 0.25) is 0 Å². The predicted octanol–water partition coefficient (Wildman–Crippen LogP) is 7.88. The van der Waals surface area contributed by atoms with Crippen LogP contribution >= 0.6 is 0 Å². The number of rotatable bonds is 9. The zero-order chi connectivity index (χ0) is 39.5. The summed E-state index contributed by atoms with van der Waals surface area (Å²) in [5.74, 6) is 3.42. The van der Waals surface area contributed by atoms with Gasteiger partial charge in [-0.1, -0.05) is 53.7 Å². The fourth-order valence-corrected chi connectivity index (χ4v) is 8.74. The van der Waals surface area contributed by atoms with E-state index in [4.69, 9.17) is 19.4 Å². The van der Waals surface area contributed by atoms with Crippen LogP contribution in [0.3, 0.4) is 0 Å². The van der Waals surface area contributed by atoms with Crippen LogP contribution in [-0.4, -0.2) is 73.1 Å². The number of hydrogen-bond acceptors (Lipinski definition) is 8. The molecule has 0 saturated carbocycles. The first-order chi connectivity index (χ1) is 26.1. The van der Waals surface area contributed by atoms with Crippen LogP contribution in [0.15, 0.2) is 65.6 Å². The maximum Gasteiger partial charge on any atom is 0.264 e. The molecule has 5 aromatic rings. The maximum absolute atomic E-state index is 13.2. The molecule has 2 aliphatic rings. The van der Waals surface area contributed by atoms with Gasteiger partial charge in [-0.3, -0.25) is 4.31 Å². The van der Waals surface area contributed by atoms with Crippen molar-refractivity contribution >= 4 is 43.5 Å². The van der Waals surface area contributed by atoms with Crippen LogP contribution in [0.4, 0.5) is 11.4 Å².